The van der Waals surface area contributed by atoms with Crippen LogP contribution in [0.3, 0.4) is 0 Å². The molecule has 0 fully saturated rings. The van der Waals surface area contributed by atoms with Gasteiger partial charge in [0, 0.05) is 18.5 Å². The summed E-state index contributed by atoms with van der Waals surface area (Å²) in [6, 6.07) is 1.36. The predicted octanol–water partition coefficient (Wildman–Crippen LogP) is 1.30. The first-order valence-corrected chi connectivity index (χ1v) is 13.2. The number of hydrogen-bond donors (Lipinski definition) is 6. The standard InChI is InChI=1S/C23H34FN3O11S/c1-23(2,3)37-21(33)17(27-22(34)26-16(20(31)32)11-12-18(28)29)6-4-5-13-25-19(30)14-7-9-15(10-8-14)38-39(24,35)36/h7-10,16-17,21,33H,4-6,11-13H2,1-3H3,(H,25,30)(H,28,29)(H,31,32)(H2,26,27,34)/t16-,17-,21?/m0/s1. The molecule has 0 aliphatic heterocycles. The molecule has 0 heterocycles. The lowest BCUT2D eigenvalue weighted by Gasteiger charge is -2.30. The number of benzene rings is 1. The van der Waals surface area contributed by atoms with Gasteiger partial charge < -0.3 is 40.2 Å². The Kier molecular flexibility index (Phi) is 13.1. The number of rotatable bonds is 16. The van der Waals surface area contributed by atoms with Gasteiger partial charge in [0.25, 0.3) is 5.91 Å². The lowest BCUT2D eigenvalue weighted by molar-refractivity contribution is -0.179. The Morgan fingerprint density at radius 3 is 2.13 bits per heavy atom. The molecule has 0 radical (unpaired) electrons. The van der Waals surface area contributed by atoms with Crippen molar-refractivity contribution in [1.29, 1.82) is 0 Å². The fourth-order valence-electron chi connectivity index (χ4n) is 3.19. The summed E-state index contributed by atoms with van der Waals surface area (Å²) >= 11 is 0. The minimum atomic E-state index is -5.18. The molecule has 0 spiro atoms. The molecule has 3 atom stereocenters. The zero-order valence-electron chi connectivity index (χ0n) is 21.7. The van der Waals surface area contributed by atoms with Gasteiger partial charge in [-0.3, -0.25) is 9.59 Å². The maximum atomic E-state index is 12.6. The van der Waals surface area contributed by atoms with Gasteiger partial charge in [0.1, 0.15) is 11.8 Å². The first-order chi connectivity index (χ1) is 18.0. The molecule has 0 bridgehead atoms. The number of carboxylic acid groups (broad SMARTS) is 2. The van der Waals surface area contributed by atoms with E-state index in [0.29, 0.717) is 12.8 Å². The van der Waals surface area contributed by atoms with Crippen LogP contribution >= 0.6 is 0 Å². The fraction of sp³-hybridized carbons (Fsp3) is 0.565. The monoisotopic (exact) mass is 579 g/mol. The molecule has 0 saturated carbocycles. The smallest absolute Gasteiger partial charge is 0.481 e. The Bertz CT molecular complexity index is 1090. The fourth-order valence-corrected chi connectivity index (χ4v) is 3.53. The summed E-state index contributed by atoms with van der Waals surface area (Å²) in [5.74, 6) is -3.43. The Balaban J connectivity index is 2.65. The molecule has 16 heteroatoms. The highest BCUT2D eigenvalue weighted by molar-refractivity contribution is 7.81. The van der Waals surface area contributed by atoms with E-state index < -0.39 is 64.8 Å². The maximum Gasteiger partial charge on any atom is 0.488 e. The highest BCUT2D eigenvalue weighted by Gasteiger charge is 2.28. The number of nitrogens with one attached hydrogen (secondary N) is 3. The molecule has 0 aliphatic carbocycles. The second kappa shape index (κ2) is 15.2. The lowest BCUT2D eigenvalue weighted by Crippen LogP contribution is -2.53. The highest BCUT2D eigenvalue weighted by Crippen LogP contribution is 2.16. The molecule has 1 aromatic carbocycles. The summed E-state index contributed by atoms with van der Waals surface area (Å²) in [7, 11) is -5.18. The van der Waals surface area contributed by atoms with E-state index in [-0.39, 0.29) is 30.7 Å². The van der Waals surface area contributed by atoms with E-state index in [1.807, 2.05) is 0 Å². The number of hydrogen-bond acceptors (Lipinski definition) is 9. The lowest BCUT2D eigenvalue weighted by atomic mass is 10.1. The van der Waals surface area contributed by atoms with Crippen molar-refractivity contribution in [3.63, 3.8) is 0 Å². The highest BCUT2D eigenvalue weighted by atomic mass is 32.3. The van der Waals surface area contributed by atoms with Gasteiger partial charge >= 0.3 is 28.5 Å². The average Bonchev–Trinajstić information content (AvgIpc) is 2.78. The Hall–Kier alpha value is -3.50. The second-order valence-electron chi connectivity index (χ2n) is 9.42. The third-order valence-corrected chi connectivity index (χ3v) is 5.32. The number of carbonyl (C=O) groups is 4. The van der Waals surface area contributed by atoms with Gasteiger partial charge in [-0.2, -0.15) is 8.42 Å². The van der Waals surface area contributed by atoms with E-state index in [0.717, 1.165) is 12.1 Å². The molecule has 0 aromatic heterocycles. The number of aliphatic hydroxyl groups is 1. The molecular formula is C23H34FN3O11S. The van der Waals surface area contributed by atoms with Gasteiger partial charge in [0.2, 0.25) is 0 Å². The minimum Gasteiger partial charge on any atom is -0.481 e. The van der Waals surface area contributed by atoms with E-state index in [9.17, 15) is 41.7 Å². The summed E-state index contributed by atoms with van der Waals surface area (Å²) < 4.78 is 43.1. The van der Waals surface area contributed by atoms with Crippen molar-refractivity contribution < 1.29 is 55.7 Å². The number of aliphatic hydroxyl groups excluding tert-OH is 1. The largest absolute Gasteiger partial charge is 0.488 e. The van der Waals surface area contributed by atoms with Crippen LogP contribution in [0.5, 0.6) is 5.75 Å². The number of ether oxygens (including phenoxy) is 1. The zero-order valence-corrected chi connectivity index (χ0v) is 22.5. The van der Waals surface area contributed by atoms with Gasteiger partial charge in [0.15, 0.2) is 6.29 Å². The van der Waals surface area contributed by atoms with Crippen LogP contribution in [-0.4, -0.2) is 78.1 Å². The first kappa shape index (κ1) is 33.5. The van der Waals surface area contributed by atoms with Crippen LogP contribution < -0.4 is 20.1 Å². The molecule has 0 saturated heterocycles. The van der Waals surface area contributed by atoms with E-state index >= 15 is 0 Å². The molecular weight excluding hydrogens is 545 g/mol. The topological polar surface area (TPSA) is 218 Å². The van der Waals surface area contributed by atoms with Crippen LogP contribution in [0.2, 0.25) is 0 Å². The van der Waals surface area contributed by atoms with Crippen LogP contribution in [0.25, 0.3) is 0 Å². The third-order valence-electron chi connectivity index (χ3n) is 4.93. The van der Waals surface area contributed by atoms with Crippen LogP contribution in [0.15, 0.2) is 24.3 Å². The van der Waals surface area contributed by atoms with E-state index in [4.69, 9.17) is 9.84 Å². The number of urea groups is 1. The SMILES string of the molecule is CC(C)(C)OC(O)[C@H](CCCCNC(=O)c1ccc(OS(=O)(=O)F)cc1)NC(=O)N[C@@H](CCC(=O)O)C(=O)O. The van der Waals surface area contributed by atoms with E-state index in [2.05, 4.69) is 20.1 Å². The molecule has 6 N–H and O–H groups in total. The van der Waals surface area contributed by atoms with Gasteiger partial charge in [-0.1, -0.05) is 3.89 Å². The Labute approximate surface area is 225 Å². The van der Waals surface area contributed by atoms with Crippen molar-refractivity contribution in [3.05, 3.63) is 29.8 Å². The van der Waals surface area contributed by atoms with E-state index in [1.54, 1.807) is 20.8 Å². The van der Waals surface area contributed by atoms with Gasteiger partial charge in [0.05, 0.1) is 11.6 Å². The number of halogens is 1. The van der Waals surface area contributed by atoms with Crippen molar-refractivity contribution in [2.24, 2.45) is 0 Å². The minimum absolute atomic E-state index is 0.166. The van der Waals surface area contributed by atoms with Gasteiger partial charge in [-0.05, 0) is 70.7 Å². The number of unbranched alkanes of at least 4 members (excludes halogenated alkanes) is 1. The van der Waals surface area contributed by atoms with Crippen LogP contribution in [-0.2, 0) is 24.8 Å². The molecule has 1 aromatic rings. The van der Waals surface area contributed by atoms with Crippen molar-refractivity contribution in [1.82, 2.24) is 16.0 Å². The van der Waals surface area contributed by atoms with Crippen molar-refractivity contribution in [2.45, 2.75) is 76.9 Å². The maximum absolute atomic E-state index is 12.6. The molecule has 220 valence electrons. The predicted molar refractivity (Wildman–Crippen MR) is 134 cm³/mol. The average molecular weight is 580 g/mol. The second-order valence-corrected chi connectivity index (χ2v) is 10.4. The van der Waals surface area contributed by atoms with Crippen LogP contribution in [0.1, 0.15) is 63.2 Å². The number of carbonyl (C=O) groups excluding carboxylic acids is 2. The molecule has 14 nitrogen and oxygen atoms in total. The van der Waals surface area contributed by atoms with E-state index in [1.165, 1.54) is 12.1 Å². The van der Waals surface area contributed by atoms with Crippen molar-refractivity contribution in [2.75, 3.05) is 6.54 Å². The molecule has 0 aliphatic rings. The summed E-state index contributed by atoms with van der Waals surface area (Å²) in [5, 5.41) is 35.7. The first-order valence-electron chi connectivity index (χ1n) is 11.9. The Morgan fingerprint density at radius 1 is 1.00 bits per heavy atom. The van der Waals surface area contributed by atoms with Crippen LogP contribution in [0, 0.1) is 0 Å². The normalized spacial score (nSPS) is 14.0. The Morgan fingerprint density at radius 2 is 1.62 bits per heavy atom. The summed E-state index contributed by atoms with van der Waals surface area (Å²) in [4.78, 5) is 46.7. The summed E-state index contributed by atoms with van der Waals surface area (Å²) in [6.45, 7) is 5.25. The summed E-state index contributed by atoms with van der Waals surface area (Å²) in [5.41, 5.74) is -0.608. The number of carboxylic acids is 2. The molecule has 39 heavy (non-hydrogen) atoms. The number of aliphatic carboxylic acids is 2. The zero-order chi connectivity index (χ0) is 29.8. The summed E-state index contributed by atoms with van der Waals surface area (Å²) in [6.07, 6.45) is -1.30. The van der Waals surface area contributed by atoms with Gasteiger partial charge in [-0.25, -0.2) is 9.59 Å². The molecule has 3 amide bonds. The van der Waals surface area contributed by atoms with Crippen molar-refractivity contribution in [3.8, 4) is 5.75 Å². The number of amides is 3. The quantitative estimate of drug-likeness (QED) is 0.0931. The van der Waals surface area contributed by atoms with Gasteiger partial charge in [-0.15, -0.1) is 0 Å². The third kappa shape index (κ3) is 14.9. The van der Waals surface area contributed by atoms with Crippen LogP contribution in [0.4, 0.5) is 8.68 Å². The molecule has 1 rings (SSSR count). The molecule has 1 unspecified atom stereocenters. The van der Waals surface area contributed by atoms with Crippen molar-refractivity contribution >= 4 is 34.4 Å².